The molecule has 0 saturated carbocycles. The highest BCUT2D eigenvalue weighted by molar-refractivity contribution is 7.98. The molecule has 0 atom stereocenters. The molecule has 25 heavy (non-hydrogen) atoms. The number of carbonyl (C=O) groups is 2. The van der Waals surface area contributed by atoms with Crippen LogP contribution >= 0.6 is 23.1 Å². The average Bonchev–Trinajstić information content (AvgIpc) is 3.05. The molecule has 1 aliphatic carbocycles. The lowest BCUT2D eigenvalue weighted by Crippen LogP contribution is -2.35. The second-order valence-electron chi connectivity index (χ2n) is 6.17. The summed E-state index contributed by atoms with van der Waals surface area (Å²) in [5, 5.41) is 4.86. The Balaban J connectivity index is 1.65. The largest absolute Gasteiger partial charge is 0.332 e. The summed E-state index contributed by atoms with van der Waals surface area (Å²) >= 11 is 3.26. The number of anilines is 1. The van der Waals surface area contributed by atoms with Gasteiger partial charge in [0.15, 0.2) is 0 Å². The summed E-state index contributed by atoms with van der Waals surface area (Å²) in [6.45, 7) is 0.0478. The van der Waals surface area contributed by atoms with Crippen LogP contribution in [-0.2, 0) is 17.6 Å². The third kappa shape index (κ3) is 4.07. The zero-order chi connectivity index (χ0) is 17.8. The quantitative estimate of drug-likeness (QED) is 0.803. The summed E-state index contributed by atoms with van der Waals surface area (Å²) in [6.07, 6.45) is 6.36. The minimum absolute atomic E-state index is 0.0478. The Kier molecular flexibility index (Phi) is 5.81. The lowest BCUT2D eigenvalue weighted by atomic mass is 9.95. The van der Waals surface area contributed by atoms with Crippen molar-refractivity contribution in [2.45, 2.75) is 30.6 Å². The van der Waals surface area contributed by atoms with Crippen LogP contribution in [0.15, 0.2) is 34.5 Å². The predicted octanol–water partition coefficient (Wildman–Crippen LogP) is 4.06. The molecule has 0 saturated heterocycles. The number of likely N-dealkylation sites (N-methyl/N-ethyl adjacent to an activating group) is 1. The van der Waals surface area contributed by atoms with Gasteiger partial charge in [0.05, 0.1) is 17.8 Å². The van der Waals surface area contributed by atoms with Crippen molar-refractivity contribution in [3.8, 4) is 0 Å². The number of fused-ring (bicyclic) bond motifs is 1. The highest BCUT2D eigenvalue weighted by Gasteiger charge is 2.23. The second kappa shape index (κ2) is 8.06. The van der Waals surface area contributed by atoms with Crippen molar-refractivity contribution in [2.75, 3.05) is 25.2 Å². The first-order chi connectivity index (χ1) is 12.1. The summed E-state index contributed by atoms with van der Waals surface area (Å²) < 4.78 is 0. The predicted molar refractivity (Wildman–Crippen MR) is 105 cm³/mol. The SMILES string of the molecule is CSc1ccccc1NC(=O)CN(C)C(=O)c1csc2c1CCCC2. The molecule has 4 nitrogen and oxygen atoms in total. The number of rotatable bonds is 5. The van der Waals surface area contributed by atoms with E-state index in [1.165, 1.54) is 21.8 Å². The molecule has 1 aromatic heterocycles. The fourth-order valence-electron chi connectivity index (χ4n) is 3.10. The van der Waals surface area contributed by atoms with Gasteiger partial charge >= 0.3 is 0 Å². The number of para-hydroxylation sites is 1. The van der Waals surface area contributed by atoms with Gasteiger partial charge in [-0.05, 0) is 49.6 Å². The number of nitrogens with one attached hydrogen (secondary N) is 1. The summed E-state index contributed by atoms with van der Waals surface area (Å²) in [4.78, 5) is 28.9. The number of thioether (sulfide) groups is 1. The Morgan fingerprint density at radius 2 is 2.00 bits per heavy atom. The molecule has 0 bridgehead atoms. The molecule has 1 aliphatic rings. The van der Waals surface area contributed by atoms with E-state index in [-0.39, 0.29) is 18.4 Å². The first kappa shape index (κ1) is 18.0. The molecule has 1 heterocycles. The summed E-state index contributed by atoms with van der Waals surface area (Å²) in [6, 6.07) is 7.67. The fraction of sp³-hybridized carbons (Fsp3) is 0.368. The van der Waals surface area contributed by atoms with Crippen molar-refractivity contribution in [3.05, 3.63) is 45.6 Å². The van der Waals surface area contributed by atoms with Crippen LogP contribution in [0.1, 0.15) is 33.6 Å². The molecule has 6 heteroatoms. The highest BCUT2D eigenvalue weighted by Crippen LogP contribution is 2.31. The van der Waals surface area contributed by atoms with Gasteiger partial charge in [-0.1, -0.05) is 12.1 Å². The molecule has 0 fully saturated rings. The van der Waals surface area contributed by atoms with Crippen LogP contribution in [0.25, 0.3) is 0 Å². The fourth-order valence-corrected chi connectivity index (χ4v) is 4.78. The third-order valence-corrected chi connectivity index (χ3v) is 6.28. The molecule has 1 N–H and O–H groups in total. The van der Waals surface area contributed by atoms with Gasteiger partial charge in [-0.2, -0.15) is 0 Å². The number of thiophene rings is 1. The van der Waals surface area contributed by atoms with Crippen molar-refractivity contribution in [1.29, 1.82) is 0 Å². The van der Waals surface area contributed by atoms with E-state index in [1.807, 2.05) is 35.9 Å². The van der Waals surface area contributed by atoms with Gasteiger partial charge in [-0.15, -0.1) is 23.1 Å². The number of aryl methyl sites for hydroxylation is 1. The first-order valence-corrected chi connectivity index (χ1v) is 10.5. The molecule has 0 aliphatic heterocycles. The molecule has 2 amide bonds. The maximum absolute atomic E-state index is 12.7. The maximum Gasteiger partial charge on any atom is 0.255 e. The molecule has 0 unspecified atom stereocenters. The van der Waals surface area contributed by atoms with Gasteiger partial charge < -0.3 is 10.2 Å². The Bertz CT molecular complexity index is 785. The molecular weight excluding hydrogens is 352 g/mol. The average molecular weight is 375 g/mol. The van der Waals surface area contributed by atoms with Crippen LogP contribution in [0.2, 0.25) is 0 Å². The number of carbonyl (C=O) groups excluding carboxylic acids is 2. The molecule has 0 radical (unpaired) electrons. The normalized spacial score (nSPS) is 13.2. The lowest BCUT2D eigenvalue weighted by Gasteiger charge is -2.19. The Morgan fingerprint density at radius 1 is 1.24 bits per heavy atom. The number of amides is 2. The van der Waals surface area contributed by atoms with Gasteiger partial charge in [-0.3, -0.25) is 9.59 Å². The van der Waals surface area contributed by atoms with E-state index in [4.69, 9.17) is 0 Å². The van der Waals surface area contributed by atoms with Crippen LogP contribution in [0.3, 0.4) is 0 Å². The third-order valence-electron chi connectivity index (χ3n) is 4.40. The summed E-state index contributed by atoms with van der Waals surface area (Å²) in [5.41, 5.74) is 2.76. The number of hydrogen-bond donors (Lipinski definition) is 1. The van der Waals surface area contributed by atoms with Gasteiger partial charge in [0.2, 0.25) is 5.91 Å². The molecule has 132 valence electrons. The van der Waals surface area contributed by atoms with Crippen LogP contribution in [0, 0.1) is 0 Å². The van der Waals surface area contributed by atoms with Crippen LogP contribution in [0.4, 0.5) is 5.69 Å². The Morgan fingerprint density at radius 3 is 2.80 bits per heavy atom. The van der Waals surface area contributed by atoms with Crippen molar-refractivity contribution in [3.63, 3.8) is 0 Å². The van der Waals surface area contributed by atoms with E-state index in [0.717, 1.165) is 35.4 Å². The molecular formula is C19H22N2O2S2. The monoisotopic (exact) mass is 374 g/mol. The first-order valence-electron chi connectivity index (χ1n) is 8.37. The second-order valence-corrected chi connectivity index (χ2v) is 7.98. The minimum Gasteiger partial charge on any atom is -0.332 e. The van der Waals surface area contributed by atoms with E-state index < -0.39 is 0 Å². The number of benzene rings is 1. The number of hydrogen-bond acceptors (Lipinski definition) is 4. The zero-order valence-electron chi connectivity index (χ0n) is 14.5. The Hall–Kier alpha value is -1.79. The van der Waals surface area contributed by atoms with Gasteiger partial charge in [0, 0.05) is 22.2 Å². The van der Waals surface area contributed by atoms with E-state index in [2.05, 4.69) is 5.32 Å². The summed E-state index contributed by atoms with van der Waals surface area (Å²) in [5.74, 6) is -0.242. The van der Waals surface area contributed by atoms with Crippen LogP contribution < -0.4 is 5.32 Å². The molecule has 0 spiro atoms. The van der Waals surface area contributed by atoms with E-state index in [1.54, 1.807) is 30.1 Å². The van der Waals surface area contributed by atoms with Crippen molar-refractivity contribution in [2.24, 2.45) is 0 Å². The van der Waals surface area contributed by atoms with Gasteiger partial charge in [-0.25, -0.2) is 0 Å². The Labute approximate surface area is 156 Å². The van der Waals surface area contributed by atoms with Crippen molar-refractivity contribution >= 4 is 40.6 Å². The van der Waals surface area contributed by atoms with Crippen LogP contribution in [-0.4, -0.2) is 36.6 Å². The van der Waals surface area contributed by atoms with Gasteiger partial charge in [0.25, 0.3) is 5.91 Å². The highest BCUT2D eigenvalue weighted by atomic mass is 32.2. The lowest BCUT2D eigenvalue weighted by molar-refractivity contribution is -0.116. The van der Waals surface area contributed by atoms with Crippen molar-refractivity contribution < 1.29 is 9.59 Å². The molecule has 3 rings (SSSR count). The van der Waals surface area contributed by atoms with Crippen molar-refractivity contribution in [1.82, 2.24) is 4.90 Å². The molecule has 2 aromatic rings. The maximum atomic E-state index is 12.7. The smallest absolute Gasteiger partial charge is 0.255 e. The zero-order valence-corrected chi connectivity index (χ0v) is 16.1. The summed E-state index contributed by atoms with van der Waals surface area (Å²) in [7, 11) is 1.69. The number of nitrogens with zero attached hydrogens (tertiary/aromatic N) is 1. The molecule has 1 aromatic carbocycles. The minimum atomic E-state index is -0.179. The van der Waals surface area contributed by atoms with E-state index in [0.29, 0.717) is 0 Å². The van der Waals surface area contributed by atoms with Crippen LogP contribution in [0.5, 0.6) is 0 Å². The van der Waals surface area contributed by atoms with E-state index in [9.17, 15) is 9.59 Å². The standard InChI is InChI=1S/C19H22N2O2S2/c1-21(11-18(22)20-15-8-4-6-10-17(15)24-2)19(23)14-12-25-16-9-5-3-7-13(14)16/h4,6,8,10,12H,3,5,7,9,11H2,1-2H3,(H,20,22). The van der Waals surface area contributed by atoms with Gasteiger partial charge in [0.1, 0.15) is 0 Å². The topological polar surface area (TPSA) is 49.4 Å². The van der Waals surface area contributed by atoms with E-state index >= 15 is 0 Å².